The van der Waals surface area contributed by atoms with Gasteiger partial charge < -0.3 is 10.8 Å². The quantitative estimate of drug-likeness (QED) is 0.472. The third kappa shape index (κ3) is 2.14. The Kier molecular flexibility index (Phi) is 2.43. The van der Waals surface area contributed by atoms with Crippen LogP contribution < -0.4 is 11.1 Å². The van der Waals surface area contributed by atoms with E-state index in [1.807, 2.05) is 0 Å². The number of hydrogen-bond acceptors (Lipinski definition) is 4. The molecule has 1 heterocycles. The van der Waals surface area contributed by atoms with Gasteiger partial charge in [-0.05, 0) is 7.05 Å². The van der Waals surface area contributed by atoms with Crippen molar-refractivity contribution < 1.29 is 9.90 Å². The summed E-state index contributed by atoms with van der Waals surface area (Å²) in [7, 11) is 1.76. The Morgan fingerprint density at radius 1 is 1.91 bits per heavy atom. The molecule has 0 radical (unpaired) electrons. The molecule has 2 unspecified atom stereocenters. The lowest BCUT2D eigenvalue weighted by Crippen LogP contribution is -2.64. The summed E-state index contributed by atoms with van der Waals surface area (Å²) in [4.78, 5) is 12.0. The van der Waals surface area contributed by atoms with Crippen LogP contribution in [-0.2, 0) is 4.79 Å². The molecule has 1 aliphatic heterocycles. The van der Waals surface area contributed by atoms with Gasteiger partial charge in [-0.3, -0.25) is 15.0 Å². The van der Waals surface area contributed by atoms with Crippen LogP contribution in [-0.4, -0.2) is 41.9 Å². The highest BCUT2D eigenvalue weighted by Gasteiger charge is 2.28. The summed E-state index contributed by atoms with van der Waals surface area (Å²) >= 11 is 0. The average Bonchev–Trinajstić information content (AvgIpc) is 1.79. The molecule has 0 saturated carbocycles. The van der Waals surface area contributed by atoms with Crippen molar-refractivity contribution in [1.82, 2.24) is 10.2 Å². The molecule has 5 heteroatoms. The Balaban J connectivity index is 2.21. The van der Waals surface area contributed by atoms with Gasteiger partial charge in [0.05, 0.1) is 18.9 Å². The van der Waals surface area contributed by atoms with Crippen molar-refractivity contribution in [2.75, 3.05) is 13.6 Å². The number of hydrogen-bond donors (Lipinski definition) is 3. The molecule has 0 amide bonds. The van der Waals surface area contributed by atoms with E-state index in [4.69, 9.17) is 10.8 Å². The number of carboxylic acids is 1. The number of rotatable bonds is 3. The zero-order valence-corrected chi connectivity index (χ0v) is 6.45. The maximum Gasteiger partial charge on any atom is 0.317 e. The molecule has 1 fully saturated rings. The maximum atomic E-state index is 10.2. The van der Waals surface area contributed by atoms with Gasteiger partial charge in [-0.15, -0.1) is 0 Å². The molecule has 64 valence electrons. The number of carboxylic acid groups (broad SMARTS) is 1. The smallest absolute Gasteiger partial charge is 0.317 e. The molecule has 0 spiro atoms. The Morgan fingerprint density at radius 2 is 2.45 bits per heavy atom. The molecule has 5 nitrogen and oxygen atoms in total. The number of likely N-dealkylation sites (N-methyl/N-ethyl adjacent to an activating group) is 1. The number of nitrogens with two attached hydrogens (primary N) is 1. The largest absolute Gasteiger partial charge is 0.480 e. The van der Waals surface area contributed by atoms with Gasteiger partial charge >= 0.3 is 5.97 Å². The van der Waals surface area contributed by atoms with E-state index < -0.39 is 5.97 Å². The van der Waals surface area contributed by atoms with Crippen molar-refractivity contribution in [3.8, 4) is 0 Å². The number of nitrogens with zero attached hydrogens (tertiary/aromatic N) is 1. The summed E-state index contributed by atoms with van der Waals surface area (Å²) in [5, 5.41) is 11.4. The lowest BCUT2D eigenvalue weighted by Gasteiger charge is -2.40. The van der Waals surface area contributed by atoms with Crippen molar-refractivity contribution in [2.24, 2.45) is 5.73 Å². The number of carbonyl (C=O) groups is 1. The van der Waals surface area contributed by atoms with E-state index >= 15 is 0 Å². The van der Waals surface area contributed by atoms with Crippen molar-refractivity contribution >= 4 is 5.97 Å². The third-order valence-corrected chi connectivity index (χ3v) is 1.80. The summed E-state index contributed by atoms with van der Waals surface area (Å²) in [6.07, 6.45) is 1.00. The molecule has 0 aromatic rings. The minimum absolute atomic E-state index is 0.0382. The summed E-state index contributed by atoms with van der Waals surface area (Å²) in [6.45, 7) is 0.0599. The van der Waals surface area contributed by atoms with Crippen molar-refractivity contribution in [3.63, 3.8) is 0 Å². The Morgan fingerprint density at radius 3 is 2.82 bits per heavy atom. The highest BCUT2D eigenvalue weighted by atomic mass is 16.4. The molecule has 1 rings (SSSR count). The molecule has 0 aromatic carbocycles. The van der Waals surface area contributed by atoms with E-state index in [1.54, 1.807) is 11.9 Å². The highest BCUT2D eigenvalue weighted by molar-refractivity contribution is 5.69. The zero-order chi connectivity index (χ0) is 8.43. The topological polar surface area (TPSA) is 78.6 Å². The van der Waals surface area contributed by atoms with Crippen molar-refractivity contribution in [1.29, 1.82) is 0 Å². The van der Waals surface area contributed by atoms with Crippen LogP contribution in [0.5, 0.6) is 0 Å². The Labute approximate surface area is 65.2 Å². The number of aliphatic carboxylic acids is 1. The predicted molar refractivity (Wildman–Crippen MR) is 39.8 cm³/mol. The molecule has 1 aliphatic rings. The van der Waals surface area contributed by atoms with Crippen LogP contribution in [0.3, 0.4) is 0 Å². The van der Waals surface area contributed by atoms with Gasteiger partial charge in [0.1, 0.15) is 0 Å². The first kappa shape index (κ1) is 8.45. The summed E-state index contributed by atoms with van der Waals surface area (Å²) in [6, 6.07) is 0. The minimum atomic E-state index is -0.810. The molecule has 0 aromatic heterocycles. The Hall–Kier alpha value is -0.650. The summed E-state index contributed by atoms with van der Waals surface area (Å²) < 4.78 is 0. The fraction of sp³-hybridized carbons (Fsp3) is 0.833. The third-order valence-electron chi connectivity index (χ3n) is 1.80. The van der Waals surface area contributed by atoms with Gasteiger partial charge in [0.15, 0.2) is 0 Å². The molecule has 0 aliphatic carbocycles. The minimum Gasteiger partial charge on any atom is -0.480 e. The van der Waals surface area contributed by atoms with E-state index in [-0.39, 0.29) is 18.9 Å². The molecular weight excluding hydrogens is 146 g/mol. The fourth-order valence-corrected chi connectivity index (χ4v) is 1.09. The predicted octanol–water partition coefficient (Wildman–Crippen LogP) is -1.39. The second kappa shape index (κ2) is 3.17. The second-order valence-electron chi connectivity index (χ2n) is 2.83. The molecule has 1 saturated heterocycles. The van der Waals surface area contributed by atoms with E-state index in [0.717, 1.165) is 6.42 Å². The maximum absolute atomic E-state index is 10.2. The van der Waals surface area contributed by atoms with Crippen LogP contribution in [0, 0.1) is 0 Å². The van der Waals surface area contributed by atoms with Crippen molar-refractivity contribution in [2.45, 2.75) is 18.8 Å². The van der Waals surface area contributed by atoms with Gasteiger partial charge in [-0.2, -0.15) is 0 Å². The van der Waals surface area contributed by atoms with Gasteiger partial charge in [0.2, 0.25) is 0 Å². The summed E-state index contributed by atoms with van der Waals surface area (Å²) in [5.41, 5.74) is 5.45. The van der Waals surface area contributed by atoms with Crippen LogP contribution in [0.4, 0.5) is 0 Å². The first-order valence-electron chi connectivity index (χ1n) is 3.53. The van der Waals surface area contributed by atoms with Gasteiger partial charge in [0.25, 0.3) is 0 Å². The van der Waals surface area contributed by atoms with Crippen LogP contribution in [0.2, 0.25) is 0 Å². The lowest BCUT2D eigenvalue weighted by atomic mass is 10.1. The standard InChI is InChI=1S/C6H13N3O2/c1-9(3-6(10)11)5-2-4(7)8-5/h4-5,8H,2-3,7H2,1H3,(H,10,11). The highest BCUT2D eigenvalue weighted by Crippen LogP contribution is 2.09. The van der Waals surface area contributed by atoms with Crippen molar-refractivity contribution in [3.05, 3.63) is 0 Å². The van der Waals surface area contributed by atoms with Crippen LogP contribution in [0.15, 0.2) is 0 Å². The first-order valence-corrected chi connectivity index (χ1v) is 3.53. The van der Waals surface area contributed by atoms with Crippen LogP contribution in [0.25, 0.3) is 0 Å². The Bertz CT molecular complexity index is 156. The van der Waals surface area contributed by atoms with E-state index in [1.165, 1.54) is 0 Å². The zero-order valence-electron chi connectivity index (χ0n) is 6.45. The molecule has 0 bridgehead atoms. The summed E-state index contributed by atoms with van der Waals surface area (Å²) in [5.74, 6) is -0.810. The van der Waals surface area contributed by atoms with Gasteiger partial charge in [0, 0.05) is 6.42 Å². The van der Waals surface area contributed by atoms with E-state index in [0.29, 0.717) is 0 Å². The normalized spacial score (nSPS) is 30.1. The molecular formula is C6H13N3O2. The molecule has 11 heavy (non-hydrogen) atoms. The number of nitrogens with one attached hydrogen (secondary N) is 1. The molecule has 4 N–H and O–H groups in total. The second-order valence-corrected chi connectivity index (χ2v) is 2.83. The van der Waals surface area contributed by atoms with Gasteiger partial charge in [-0.25, -0.2) is 0 Å². The van der Waals surface area contributed by atoms with Crippen LogP contribution >= 0.6 is 0 Å². The van der Waals surface area contributed by atoms with Crippen LogP contribution in [0.1, 0.15) is 6.42 Å². The van der Waals surface area contributed by atoms with Gasteiger partial charge in [-0.1, -0.05) is 0 Å². The molecule has 2 atom stereocenters. The van der Waals surface area contributed by atoms with E-state index in [2.05, 4.69) is 5.32 Å². The average molecular weight is 159 g/mol. The first-order chi connectivity index (χ1) is 5.09. The van der Waals surface area contributed by atoms with E-state index in [9.17, 15) is 4.79 Å². The SMILES string of the molecule is CN(CC(=O)O)C1CC(N)N1. The monoisotopic (exact) mass is 159 g/mol. The lowest BCUT2D eigenvalue weighted by molar-refractivity contribution is -0.139. The fourth-order valence-electron chi connectivity index (χ4n) is 1.09.